The summed E-state index contributed by atoms with van der Waals surface area (Å²) in [5.74, 6) is 0.881. The number of fused-ring (bicyclic) bond motifs is 2. The van der Waals surface area contributed by atoms with Crippen LogP contribution in [0.15, 0.2) is 91.3 Å². The van der Waals surface area contributed by atoms with Gasteiger partial charge < -0.3 is 9.13 Å². The fourth-order valence-corrected chi connectivity index (χ4v) is 4.38. The molecule has 2 aromatic heterocycles. The molecule has 0 bridgehead atoms. The third kappa shape index (κ3) is 3.15. The van der Waals surface area contributed by atoms with E-state index in [1.54, 1.807) is 0 Å². The average molecular weight is 377 g/mol. The van der Waals surface area contributed by atoms with Gasteiger partial charge in [-0.1, -0.05) is 54.6 Å². The van der Waals surface area contributed by atoms with Crippen LogP contribution < -0.4 is 0 Å². The summed E-state index contributed by atoms with van der Waals surface area (Å²) in [5, 5.41) is 2.63. The minimum absolute atomic E-state index is 0.881. The summed E-state index contributed by atoms with van der Waals surface area (Å²) >= 11 is 0. The Morgan fingerprint density at radius 1 is 0.655 bits per heavy atom. The molecule has 0 N–H and O–H groups in total. The zero-order valence-electron chi connectivity index (χ0n) is 16.5. The van der Waals surface area contributed by atoms with Gasteiger partial charge in [0.15, 0.2) is 0 Å². The normalized spacial score (nSPS) is 14.1. The van der Waals surface area contributed by atoms with Crippen LogP contribution in [0, 0.1) is 5.92 Å². The van der Waals surface area contributed by atoms with Crippen LogP contribution in [0.5, 0.6) is 0 Å². The molecule has 0 spiro atoms. The maximum Gasteiger partial charge on any atom is 0.0489 e. The molecule has 1 aliphatic carbocycles. The molecular weight excluding hydrogens is 352 g/mol. The molecule has 142 valence electrons. The van der Waals surface area contributed by atoms with Gasteiger partial charge in [-0.2, -0.15) is 0 Å². The lowest BCUT2D eigenvalue weighted by Gasteiger charge is -2.09. The quantitative estimate of drug-likeness (QED) is 0.322. The first-order valence-corrected chi connectivity index (χ1v) is 10.6. The van der Waals surface area contributed by atoms with Crippen molar-refractivity contribution in [1.82, 2.24) is 9.13 Å². The van der Waals surface area contributed by atoms with E-state index in [0.717, 1.165) is 19.0 Å². The van der Waals surface area contributed by atoms with Crippen LogP contribution in [-0.4, -0.2) is 9.13 Å². The molecule has 1 fully saturated rings. The van der Waals surface area contributed by atoms with Crippen molar-refractivity contribution in [2.45, 2.75) is 25.9 Å². The lowest BCUT2D eigenvalue weighted by molar-refractivity contribution is 0.647. The molecule has 0 saturated heterocycles. The number of benzene rings is 3. The van der Waals surface area contributed by atoms with Crippen molar-refractivity contribution in [2.75, 3.05) is 0 Å². The molecule has 2 nitrogen and oxygen atoms in total. The second kappa shape index (κ2) is 6.66. The Kier molecular flexibility index (Phi) is 3.83. The summed E-state index contributed by atoms with van der Waals surface area (Å²) in [5.41, 5.74) is 6.55. The largest absolute Gasteiger partial charge is 0.347 e. The third-order valence-corrected chi connectivity index (χ3v) is 6.23. The Labute approximate surface area is 171 Å². The number of hydrogen-bond donors (Lipinski definition) is 0. The van der Waals surface area contributed by atoms with Gasteiger partial charge in [0, 0.05) is 36.5 Å². The molecular formula is C27H24N2. The van der Waals surface area contributed by atoms with Gasteiger partial charge in [0.2, 0.25) is 0 Å². The monoisotopic (exact) mass is 376 g/mol. The molecule has 29 heavy (non-hydrogen) atoms. The van der Waals surface area contributed by atoms with E-state index in [1.807, 2.05) is 0 Å². The third-order valence-electron chi connectivity index (χ3n) is 6.23. The van der Waals surface area contributed by atoms with E-state index in [4.69, 9.17) is 0 Å². The fraction of sp³-hybridized carbons (Fsp3) is 0.185. The van der Waals surface area contributed by atoms with Crippen LogP contribution in [0.4, 0.5) is 0 Å². The van der Waals surface area contributed by atoms with E-state index in [1.165, 1.54) is 51.3 Å². The number of rotatable bonds is 5. The van der Waals surface area contributed by atoms with Crippen molar-refractivity contribution in [3.63, 3.8) is 0 Å². The van der Waals surface area contributed by atoms with Gasteiger partial charge in [0.25, 0.3) is 0 Å². The van der Waals surface area contributed by atoms with Gasteiger partial charge in [-0.15, -0.1) is 0 Å². The van der Waals surface area contributed by atoms with E-state index < -0.39 is 0 Å². The zero-order chi connectivity index (χ0) is 19.2. The minimum Gasteiger partial charge on any atom is -0.347 e. The molecule has 2 heteroatoms. The first kappa shape index (κ1) is 16.7. The molecule has 0 amide bonds. The maximum atomic E-state index is 2.44. The van der Waals surface area contributed by atoms with Gasteiger partial charge in [-0.3, -0.25) is 0 Å². The lowest BCUT2D eigenvalue weighted by Crippen LogP contribution is -1.98. The molecule has 1 saturated carbocycles. The SMILES string of the molecule is c1ccc(Cn2ccc3ccc(-c4ccc5ccn(CC6CC6)c5c4)cc32)cc1. The summed E-state index contributed by atoms with van der Waals surface area (Å²) in [7, 11) is 0. The van der Waals surface area contributed by atoms with E-state index in [2.05, 4.69) is 100 Å². The van der Waals surface area contributed by atoms with Crippen LogP contribution in [-0.2, 0) is 13.1 Å². The highest BCUT2D eigenvalue weighted by Gasteiger charge is 2.22. The molecule has 2 heterocycles. The van der Waals surface area contributed by atoms with E-state index in [-0.39, 0.29) is 0 Å². The molecule has 0 radical (unpaired) electrons. The van der Waals surface area contributed by atoms with Gasteiger partial charge in [0.05, 0.1) is 0 Å². The summed E-state index contributed by atoms with van der Waals surface area (Å²) in [6.45, 7) is 2.06. The average Bonchev–Trinajstić information content (AvgIpc) is 3.37. The van der Waals surface area contributed by atoms with Gasteiger partial charge in [0.1, 0.15) is 0 Å². The van der Waals surface area contributed by atoms with Gasteiger partial charge in [-0.05, 0) is 70.5 Å². The topological polar surface area (TPSA) is 9.86 Å². The van der Waals surface area contributed by atoms with Crippen LogP contribution in [0.2, 0.25) is 0 Å². The lowest BCUT2D eigenvalue weighted by atomic mass is 10.0. The highest BCUT2D eigenvalue weighted by atomic mass is 15.0. The Bertz CT molecular complexity index is 1300. The van der Waals surface area contributed by atoms with Crippen molar-refractivity contribution >= 4 is 21.8 Å². The van der Waals surface area contributed by atoms with Crippen molar-refractivity contribution in [1.29, 1.82) is 0 Å². The number of hydrogen-bond acceptors (Lipinski definition) is 0. The van der Waals surface area contributed by atoms with Crippen LogP contribution >= 0.6 is 0 Å². The highest BCUT2D eigenvalue weighted by molar-refractivity contribution is 5.89. The summed E-state index contributed by atoms with van der Waals surface area (Å²) in [6, 6.07) is 28.9. The van der Waals surface area contributed by atoms with Crippen molar-refractivity contribution in [2.24, 2.45) is 5.92 Å². The second-order valence-corrected chi connectivity index (χ2v) is 8.39. The predicted octanol–water partition coefficient (Wildman–Crippen LogP) is 6.72. The molecule has 0 atom stereocenters. The van der Waals surface area contributed by atoms with E-state index >= 15 is 0 Å². The maximum absolute atomic E-state index is 2.44. The van der Waals surface area contributed by atoms with E-state index in [9.17, 15) is 0 Å². The first-order chi connectivity index (χ1) is 14.3. The Hall–Kier alpha value is -3.26. The molecule has 5 aromatic rings. The minimum atomic E-state index is 0.881. The number of aromatic nitrogens is 2. The summed E-state index contributed by atoms with van der Waals surface area (Å²) < 4.78 is 4.79. The number of nitrogens with zero attached hydrogens (tertiary/aromatic N) is 2. The van der Waals surface area contributed by atoms with Gasteiger partial charge >= 0.3 is 0 Å². The molecule has 3 aromatic carbocycles. The molecule has 0 aliphatic heterocycles. The van der Waals surface area contributed by atoms with Crippen molar-refractivity contribution in [3.05, 3.63) is 96.8 Å². The Morgan fingerprint density at radius 3 is 1.93 bits per heavy atom. The Morgan fingerprint density at radius 2 is 1.28 bits per heavy atom. The van der Waals surface area contributed by atoms with Crippen LogP contribution in [0.1, 0.15) is 18.4 Å². The molecule has 0 unspecified atom stereocenters. The Balaban J connectivity index is 1.40. The zero-order valence-corrected chi connectivity index (χ0v) is 16.5. The van der Waals surface area contributed by atoms with Crippen LogP contribution in [0.3, 0.4) is 0 Å². The van der Waals surface area contributed by atoms with Gasteiger partial charge in [-0.25, -0.2) is 0 Å². The van der Waals surface area contributed by atoms with Crippen molar-refractivity contribution in [3.8, 4) is 11.1 Å². The van der Waals surface area contributed by atoms with Crippen molar-refractivity contribution < 1.29 is 0 Å². The predicted molar refractivity (Wildman–Crippen MR) is 121 cm³/mol. The smallest absolute Gasteiger partial charge is 0.0489 e. The molecule has 6 rings (SSSR count). The highest BCUT2D eigenvalue weighted by Crippen LogP contribution is 2.33. The second-order valence-electron chi connectivity index (χ2n) is 8.39. The van der Waals surface area contributed by atoms with E-state index in [0.29, 0.717) is 0 Å². The fourth-order valence-electron chi connectivity index (χ4n) is 4.38. The summed E-state index contributed by atoms with van der Waals surface area (Å²) in [4.78, 5) is 0. The molecule has 1 aliphatic rings. The standard InChI is InChI=1S/C27H24N2/c1-2-4-20(5-3-1)18-28-14-12-22-8-10-24(16-26(22)28)25-11-9-23-13-15-29(27(23)17-25)19-21-6-7-21/h1-5,8-17,21H,6-7,18-19H2. The first-order valence-electron chi connectivity index (χ1n) is 10.6. The summed E-state index contributed by atoms with van der Waals surface area (Å²) in [6.07, 6.45) is 7.22. The van der Waals surface area contributed by atoms with Crippen LogP contribution in [0.25, 0.3) is 32.9 Å².